The molecule has 2 rings (SSSR count). The topological polar surface area (TPSA) is 72.7 Å². The van der Waals surface area contributed by atoms with Crippen molar-refractivity contribution in [2.45, 2.75) is 25.0 Å². The molecule has 1 aromatic heterocycles. The molecule has 0 radical (unpaired) electrons. The first kappa shape index (κ1) is 13.9. The average molecular weight is 268 g/mol. The maximum Gasteiger partial charge on any atom is 0.315 e. The Kier molecular flexibility index (Phi) is 5.23. The highest BCUT2D eigenvalue weighted by atomic mass is 16.5. The lowest BCUT2D eigenvalue weighted by atomic mass is 10.1. The van der Waals surface area contributed by atoms with E-state index < -0.39 is 0 Å². The van der Waals surface area contributed by atoms with Gasteiger partial charge in [0.1, 0.15) is 11.9 Å². The normalized spacial score (nSPS) is 17.9. The first-order valence-electron chi connectivity index (χ1n) is 6.48. The van der Waals surface area contributed by atoms with E-state index in [0.717, 1.165) is 12.8 Å². The van der Waals surface area contributed by atoms with Crippen LogP contribution in [0.4, 0.5) is 4.79 Å². The van der Waals surface area contributed by atoms with Crippen molar-refractivity contribution in [3.05, 3.63) is 24.2 Å². The van der Waals surface area contributed by atoms with Crippen LogP contribution in [-0.2, 0) is 9.47 Å². The number of rotatable bonds is 5. The lowest BCUT2D eigenvalue weighted by Crippen LogP contribution is -2.45. The average Bonchev–Trinajstić information content (AvgIpc) is 2.95. The molecule has 1 saturated heterocycles. The molecule has 1 aromatic rings. The standard InChI is InChI=1S/C13H20N2O4/c1-17-12(11-3-2-6-19-11)9-14-13(16)15-10-4-7-18-8-5-10/h2-3,6,10,12H,4-5,7-9H2,1H3,(H2,14,15,16)/t12-/m1/s1. The van der Waals surface area contributed by atoms with Crippen molar-refractivity contribution in [3.63, 3.8) is 0 Å². The van der Waals surface area contributed by atoms with E-state index in [1.807, 2.05) is 6.07 Å². The maximum atomic E-state index is 11.8. The Morgan fingerprint density at radius 3 is 2.95 bits per heavy atom. The quantitative estimate of drug-likeness (QED) is 0.847. The zero-order valence-corrected chi connectivity index (χ0v) is 11.1. The van der Waals surface area contributed by atoms with Crippen LogP contribution < -0.4 is 10.6 Å². The summed E-state index contributed by atoms with van der Waals surface area (Å²) in [6, 6.07) is 3.63. The first-order valence-corrected chi connectivity index (χ1v) is 6.48. The van der Waals surface area contributed by atoms with Gasteiger partial charge in [0.15, 0.2) is 0 Å². The molecule has 0 aliphatic carbocycles. The van der Waals surface area contributed by atoms with Gasteiger partial charge in [-0.2, -0.15) is 0 Å². The third-order valence-electron chi connectivity index (χ3n) is 3.15. The third-order valence-corrected chi connectivity index (χ3v) is 3.15. The van der Waals surface area contributed by atoms with Gasteiger partial charge >= 0.3 is 6.03 Å². The lowest BCUT2D eigenvalue weighted by Gasteiger charge is -2.23. The molecule has 1 atom stereocenters. The van der Waals surface area contributed by atoms with Crippen molar-refractivity contribution < 1.29 is 18.7 Å². The lowest BCUT2D eigenvalue weighted by molar-refractivity contribution is 0.0770. The van der Waals surface area contributed by atoms with Gasteiger partial charge in [0, 0.05) is 26.4 Å². The summed E-state index contributed by atoms with van der Waals surface area (Å²) in [7, 11) is 1.59. The molecular weight excluding hydrogens is 248 g/mol. The summed E-state index contributed by atoms with van der Waals surface area (Å²) in [5.41, 5.74) is 0. The van der Waals surface area contributed by atoms with Crippen LogP contribution in [0.5, 0.6) is 0 Å². The number of carbonyl (C=O) groups excluding carboxylic acids is 1. The van der Waals surface area contributed by atoms with Crippen LogP contribution in [0.25, 0.3) is 0 Å². The molecule has 2 amide bonds. The minimum absolute atomic E-state index is 0.180. The molecule has 0 spiro atoms. The summed E-state index contributed by atoms with van der Waals surface area (Å²) in [5, 5.41) is 5.72. The second-order valence-corrected chi connectivity index (χ2v) is 4.48. The van der Waals surface area contributed by atoms with E-state index in [2.05, 4.69) is 10.6 Å². The van der Waals surface area contributed by atoms with Crippen LogP contribution in [0.15, 0.2) is 22.8 Å². The number of hydrogen-bond acceptors (Lipinski definition) is 4. The fraction of sp³-hybridized carbons (Fsp3) is 0.615. The fourth-order valence-corrected chi connectivity index (χ4v) is 2.04. The van der Waals surface area contributed by atoms with Crippen molar-refractivity contribution in [1.29, 1.82) is 0 Å². The van der Waals surface area contributed by atoms with Gasteiger partial charge in [-0.1, -0.05) is 0 Å². The molecule has 19 heavy (non-hydrogen) atoms. The SMILES string of the molecule is CO[C@H](CNC(=O)NC1CCOCC1)c1ccco1. The summed E-state index contributed by atoms with van der Waals surface area (Å²) in [4.78, 5) is 11.8. The Labute approximate surface area is 112 Å². The van der Waals surface area contributed by atoms with E-state index in [0.29, 0.717) is 25.5 Å². The van der Waals surface area contributed by atoms with Gasteiger partial charge in [0.25, 0.3) is 0 Å². The van der Waals surface area contributed by atoms with E-state index in [1.54, 1.807) is 19.4 Å². The number of furan rings is 1. The van der Waals surface area contributed by atoms with Crippen LogP contribution in [0.2, 0.25) is 0 Å². The van der Waals surface area contributed by atoms with Crippen molar-refractivity contribution in [2.24, 2.45) is 0 Å². The molecule has 1 aliphatic heterocycles. The molecular formula is C13H20N2O4. The van der Waals surface area contributed by atoms with Crippen LogP contribution in [-0.4, -0.2) is 38.9 Å². The number of amides is 2. The molecule has 106 valence electrons. The number of hydrogen-bond donors (Lipinski definition) is 2. The van der Waals surface area contributed by atoms with Gasteiger partial charge in [0.05, 0.1) is 12.8 Å². The first-order chi connectivity index (χ1) is 9.29. The number of ether oxygens (including phenoxy) is 2. The molecule has 0 aromatic carbocycles. The van der Waals surface area contributed by atoms with Crippen molar-refractivity contribution in [2.75, 3.05) is 26.9 Å². The molecule has 0 saturated carbocycles. The molecule has 6 nitrogen and oxygen atoms in total. The Morgan fingerprint density at radius 2 is 2.32 bits per heavy atom. The molecule has 2 N–H and O–H groups in total. The highest BCUT2D eigenvalue weighted by Crippen LogP contribution is 2.15. The number of nitrogens with one attached hydrogen (secondary N) is 2. The van der Waals surface area contributed by atoms with Crippen LogP contribution >= 0.6 is 0 Å². The van der Waals surface area contributed by atoms with Crippen LogP contribution in [0, 0.1) is 0 Å². The smallest absolute Gasteiger partial charge is 0.315 e. The van der Waals surface area contributed by atoms with Gasteiger partial charge in [-0.05, 0) is 25.0 Å². The zero-order chi connectivity index (χ0) is 13.5. The summed E-state index contributed by atoms with van der Waals surface area (Å²) < 4.78 is 15.8. The van der Waals surface area contributed by atoms with E-state index in [9.17, 15) is 4.79 Å². The predicted molar refractivity (Wildman–Crippen MR) is 68.8 cm³/mol. The highest BCUT2D eigenvalue weighted by molar-refractivity contribution is 5.74. The van der Waals surface area contributed by atoms with Crippen molar-refractivity contribution >= 4 is 6.03 Å². The maximum absolute atomic E-state index is 11.8. The van der Waals surface area contributed by atoms with Crippen molar-refractivity contribution in [3.8, 4) is 0 Å². The van der Waals surface area contributed by atoms with E-state index >= 15 is 0 Å². The Hall–Kier alpha value is -1.53. The zero-order valence-electron chi connectivity index (χ0n) is 11.1. The van der Waals surface area contributed by atoms with Gasteiger partial charge in [-0.3, -0.25) is 0 Å². The monoisotopic (exact) mass is 268 g/mol. The van der Waals surface area contributed by atoms with Crippen molar-refractivity contribution in [1.82, 2.24) is 10.6 Å². The summed E-state index contributed by atoms with van der Waals surface area (Å²) in [6.45, 7) is 1.79. The second kappa shape index (κ2) is 7.16. The number of urea groups is 1. The third kappa shape index (κ3) is 4.25. The van der Waals surface area contributed by atoms with Gasteiger partial charge in [-0.25, -0.2) is 4.79 Å². The van der Waals surface area contributed by atoms with E-state index in [4.69, 9.17) is 13.9 Å². The summed E-state index contributed by atoms with van der Waals surface area (Å²) >= 11 is 0. The predicted octanol–water partition coefficient (Wildman–Crippen LogP) is 1.45. The number of methoxy groups -OCH3 is 1. The molecule has 2 heterocycles. The Morgan fingerprint density at radius 1 is 1.53 bits per heavy atom. The molecule has 0 bridgehead atoms. The molecule has 0 unspecified atom stereocenters. The molecule has 1 aliphatic rings. The highest BCUT2D eigenvalue weighted by Gasteiger charge is 2.18. The van der Waals surface area contributed by atoms with Crippen LogP contribution in [0.3, 0.4) is 0 Å². The Bertz CT molecular complexity index is 374. The fourth-order valence-electron chi connectivity index (χ4n) is 2.04. The molecule has 1 fully saturated rings. The Balaban J connectivity index is 1.72. The van der Waals surface area contributed by atoms with E-state index in [1.165, 1.54) is 0 Å². The summed E-state index contributed by atoms with van der Waals surface area (Å²) in [5.74, 6) is 0.703. The van der Waals surface area contributed by atoms with Gasteiger partial charge in [0.2, 0.25) is 0 Å². The van der Waals surface area contributed by atoms with Gasteiger partial charge in [-0.15, -0.1) is 0 Å². The minimum Gasteiger partial charge on any atom is -0.467 e. The second-order valence-electron chi connectivity index (χ2n) is 4.48. The largest absolute Gasteiger partial charge is 0.467 e. The minimum atomic E-state index is -0.268. The van der Waals surface area contributed by atoms with Crippen LogP contribution in [0.1, 0.15) is 24.7 Å². The van der Waals surface area contributed by atoms with Gasteiger partial charge < -0.3 is 24.5 Å². The molecule has 6 heteroatoms. The number of carbonyl (C=O) groups is 1. The van der Waals surface area contributed by atoms with E-state index in [-0.39, 0.29) is 18.2 Å². The summed E-state index contributed by atoms with van der Waals surface area (Å²) in [6.07, 6.45) is 3.04.